The molecule has 0 spiro atoms. The van der Waals surface area contributed by atoms with Crippen molar-refractivity contribution < 1.29 is 13.0 Å². The van der Waals surface area contributed by atoms with Crippen molar-refractivity contribution in [3.05, 3.63) is 40.4 Å². The Kier molecular flexibility index (Phi) is 6.19. The van der Waals surface area contributed by atoms with Gasteiger partial charge in [-0.3, -0.25) is 4.55 Å². The molecule has 0 fully saturated rings. The minimum absolute atomic E-state index is 0.0666. The summed E-state index contributed by atoms with van der Waals surface area (Å²) in [6, 6.07) is 5.99. The maximum atomic E-state index is 10.5. The smallest absolute Gasteiger partial charge is 0.294 e. The highest BCUT2D eigenvalue weighted by Gasteiger charge is 2.06. The lowest BCUT2D eigenvalue weighted by Gasteiger charge is -2.18. The zero-order valence-electron chi connectivity index (χ0n) is 11.0. The van der Waals surface area contributed by atoms with E-state index in [1.165, 1.54) is 29.6 Å². The Morgan fingerprint density at radius 3 is 2.21 bits per heavy atom. The lowest BCUT2D eigenvalue weighted by Crippen LogP contribution is -2.22. The van der Waals surface area contributed by atoms with Crippen LogP contribution in [0.2, 0.25) is 0 Å². The van der Waals surface area contributed by atoms with Crippen LogP contribution < -0.4 is 0 Å². The molecule has 106 valence electrons. The van der Waals surface area contributed by atoms with E-state index in [0.29, 0.717) is 0 Å². The molecule has 2 rings (SSSR count). The number of aryl methyl sites for hydroxylation is 1. The van der Waals surface area contributed by atoms with Gasteiger partial charge in [0.2, 0.25) is 0 Å². The standard InChI is InChI=1S/C7H8O3S.C6H10BrN/c1-6-2-4-7(5-3-6)11(8,9)10;1-8-4-2-6(7)3-5-8/h2-5H,1H3,(H,8,9,10);2H,3-5H2,1H3. The normalized spacial score (nSPS) is 16.3. The van der Waals surface area contributed by atoms with Crippen LogP contribution in [0.25, 0.3) is 0 Å². The zero-order chi connectivity index (χ0) is 14.5. The van der Waals surface area contributed by atoms with Gasteiger partial charge in [-0.15, -0.1) is 0 Å². The molecule has 6 heteroatoms. The van der Waals surface area contributed by atoms with Crippen molar-refractivity contribution in [1.82, 2.24) is 4.90 Å². The molecule has 0 saturated carbocycles. The van der Waals surface area contributed by atoms with Crippen LogP contribution in [0, 0.1) is 6.92 Å². The highest BCUT2D eigenvalue weighted by atomic mass is 79.9. The van der Waals surface area contributed by atoms with E-state index in [0.717, 1.165) is 12.1 Å². The van der Waals surface area contributed by atoms with Gasteiger partial charge >= 0.3 is 0 Å². The van der Waals surface area contributed by atoms with Crippen molar-refractivity contribution in [2.45, 2.75) is 18.2 Å². The third kappa shape index (κ3) is 6.33. The number of likely N-dealkylation sites (N-methyl/N-ethyl adjacent to an activating group) is 1. The highest BCUT2D eigenvalue weighted by molar-refractivity contribution is 9.11. The first-order chi connectivity index (χ1) is 8.79. The van der Waals surface area contributed by atoms with E-state index in [1.54, 1.807) is 12.1 Å². The third-order valence-electron chi connectivity index (χ3n) is 2.68. The molecule has 4 nitrogen and oxygen atoms in total. The van der Waals surface area contributed by atoms with Crippen molar-refractivity contribution in [3.8, 4) is 0 Å². The minimum Gasteiger partial charge on any atom is -0.302 e. The Hall–Kier alpha value is -0.690. The van der Waals surface area contributed by atoms with E-state index in [2.05, 4.69) is 34.0 Å². The number of hydrogen-bond donors (Lipinski definition) is 1. The molecule has 19 heavy (non-hydrogen) atoms. The van der Waals surface area contributed by atoms with E-state index < -0.39 is 10.1 Å². The molecule has 0 unspecified atom stereocenters. The maximum absolute atomic E-state index is 10.5. The zero-order valence-corrected chi connectivity index (χ0v) is 13.4. The first kappa shape index (κ1) is 16.4. The Labute approximate surface area is 123 Å². The van der Waals surface area contributed by atoms with E-state index >= 15 is 0 Å². The fraction of sp³-hybridized carbons (Fsp3) is 0.385. The van der Waals surface area contributed by atoms with Crippen LogP contribution in [0.4, 0.5) is 0 Å². The number of nitrogens with zero attached hydrogens (tertiary/aromatic N) is 1. The van der Waals surface area contributed by atoms with Crippen molar-refractivity contribution >= 4 is 26.0 Å². The number of benzene rings is 1. The molecule has 0 atom stereocenters. The van der Waals surface area contributed by atoms with Gasteiger partial charge in [0.1, 0.15) is 0 Å². The molecule has 0 bridgehead atoms. The monoisotopic (exact) mass is 347 g/mol. The molecular formula is C13H18BrNO3S. The second-order valence-electron chi connectivity index (χ2n) is 4.45. The summed E-state index contributed by atoms with van der Waals surface area (Å²) < 4.78 is 30.9. The first-order valence-electron chi connectivity index (χ1n) is 5.86. The quantitative estimate of drug-likeness (QED) is 0.793. The van der Waals surface area contributed by atoms with Gasteiger partial charge in [0.15, 0.2) is 0 Å². The Balaban J connectivity index is 0.000000200. The summed E-state index contributed by atoms with van der Waals surface area (Å²) in [7, 11) is -1.88. The fourth-order valence-electron chi connectivity index (χ4n) is 1.46. The van der Waals surface area contributed by atoms with E-state index in [9.17, 15) is 8.42 Å². The number of hydrogen-bond acceptors (Lipinski definition) is 3. The molecule has 1 aliphatic heterocycles. The van der Waals surface area contributed by atoms with Crippen LogP contribution >= 0.6 is 15.9 Å². The average Bonchev–Trinajstić information content (AvgIpc) is 2.33. The number of halogens is 1. The van der Waals surface area contributed by atoms with Gasteiger partial charge < -0.3 is 4.90 Å². The Morgan fingerprint density at radius 1 is 1.26 bits per heavy atom. The number of rotatable bonds is 1. The maximum Gasteiger partial charge on any atom is 0.294 e. The van der Waals surface area contributed by atoms with Crippen LogP contribution in [-0.2, 0) is 10.1 Å². The van der Waals surface area contributed by atoms with Gasteiger partial charge in [-0.05, 0) is 37.0 Å². The molecule has 1 aromatic rings. The molecule has 0 saturated heterocycles. The second-order valence-corrected chi connectivity index (χ2v) is 6.89. The summed E-state index contributed by atoms with van der Waals surface area (Å²) in [5, 5.41) is 0. The molecule has 0 aromatic heterocycles. The van der Waals surface area contributed by atoms with Crippen LogP contribution in [-0.4, -0.2) is 38.0 Å². The van der Waals surface area contributed by atoms with Gasteiger partial charge in [-0.1, -0.05) is 39.7 Å². The van der Waals surface area contributed by atoms with Gasteiger partial charge in [0.25, 0.3) is 10.1 Å². The predicted octanol–water partition coefficient (Wildman–Crippen LogP) is 2.84. The lowest BCUT2D eigenvalue weighted by molar-refractivity contribution is 0.364. The van der Waals surface area contributed by atoms with Gasteiger partial charge in [0.05, 0.1) is 4.90 Å². The fourth-order valence-corrected chi connectivity index (χ4v) is 2.26. The van der Waals surface area contributed by atoms with E-state index in [-0.39, 0.29) is 4.90 Å². The summed E-state index contributed by atoms with van der Waals surface area (Å²) in [6.45, 7) is 4.13. The van der Waals surface area contributed by atoms with Crippen molar-refractivity contribution in [2.24, 2.45) is 0 Å². The van der Waals surface area contributed by atoms with E-state index in [4.69, 9.17) is 4.55 Å². The van der Waals surface area contributed by atoms with Gasteiger partial charge in [-0.2, -0.15) is 8.42 Å². The van der Waals surface area contributed by atoms with Crippen LogP contribution in [0.3, 0.4) is 0 Å². The van der Waals surface area contributed by atoms with Crippen molar-refractivity contribution in [1.29, 1.82) is 0 Å². The van der Waals surface area contributed by atoms with Crippen molar-refractivity contribution in [2.75, 3.05) is 20.1 Å². The topological polar surface area (TPSA) is 57.6 Å². The molecule has 0 radical (unpaired) electrons. The summed E-state index contributed by atoms with van der Waals surface area (Å²) in [6.07, 6.45) is 3.39. The largest absolute Gasteiger partial charge is 0.302 e. The van der Waals surface area contributed by atoms with Crippen LogP contribution in [0.15, 0.2) is 39.7 Å². The summed E-state index contributed by atoms with van der Waals surface area (Å²) in [5.74, 6) is 0. The Bertz CT molecular complexity index is 538. The third-order valence-corrected chi connectivity index (χ3v) is 4.26. The molecule has 1 aromatic carbocycles. The van der Waals surface area contributed by atoms with Gasteiger partial charge in [-0.25, -0.2) is 0 Å². The highest BCUT2D eigenvalue weighted by Crippen LogP contribution is 2.14. The molecular weight excluding hydrogens is 330 g/mol. The average molecular weight is 348 g/mol. The van der Waals surface area contributed by atoms with E-state index in [1.807, 2.05) is 6.92 Å². The molecule has 0 aliphatic carbocycles. The molecule has 1 heterocycles. The predicted molar refractivity (Wildman–Crippen MR) is 80.1 cm³/mol. The van der Waals surface area contributed by atoms with Crippen molar-refractivity contribution in [3.63, 3.8) is 0 Å². The lowest BCUT2D eigenvalue weighted by atomic mass is 10.2. The minimum atomic E-state index is -4.02. The molecule has 0 amide bonds. The Morgan fingerprint density at radius 2 is 1.84 bits per heavy atom. The van der Waals surface area contributed by atoms with Gasteiger partial charge in [0, 0.05) is 13.1 Å². The summed E-state index contributed by atoms with van der Waals surface area (Å²) >= 11 is 3.45. The second kappa shape index (κ2) is 7.19. The van der Waals surface area contributed by atoms with Crippen LogP contribution in [0.5, 0.6) is 0 Å². The molecule has 1 N–H and O–H groups in total. The SMILES string of the molecule is CN1CC=C(Br)CC1.Cc1ccc(S(=O)(=O)O)cc1. The first-order valence-corrected chi connectivity index (χ1v) is 8.09. The summed E-state index contributed by atoms with van der Waals surface area (Å²) in [4.78, 5) is 2.23. The van der Waals surface area contributed by atoms with Crippen LogP contribution in [0.1, 0.15) is 12.0 Å². The summed E-state index contributed by atoms with van der Waals surface area (Å²) in [5.41, 5.74) is 0.956. The molecule has 1 aliphatic rings.